The van der Waals surface area contributed by atoms with E-state index in [1.165, 1.54) is 6.07 Å². The first-order chi connectivity index (χ1) is 7.50. The van der Waals surface area contributed by atoms with Gasteiger partial charge >= 0.3 is 0 Å². The minimum atomic E-state index is -2.77. The molecule has 16 heavy (non-hydrogen) atoms. The molecule has 84 valence electrons. The molecule has 1 fully saturated rings. The first kappa shape index (κ1) is 11.5. The van der Waals surface area contributed by atoms with Crippen molar-refractivity contribution in [3.05, 3.63) is 33.5 Å². The maximum atomic E-state index is 13.7. The Bertz CT molecular complexity index is 475. The molecular weight excluding hydrogens is 283 g/mol. The number of alkyl halides is 2. The number of nitriles is 1. The normalized spacial score (nSPS) is 17.2. The first-order valence-electron chi connectivity index (χ1n) is 4.69. The number of hydrogen-bond acceptors (Lipinski definition) is 1. The maximum Gasteiger partial charge on any atom is 0.264 e. The van der Waals surface area contributed by atoms with Gasteiger partial charge in [0.2, 0.25) is 0 Å². The zero-order valence-electron chi connectivity index (χ0n) is 8.11. The van der Waals surface area contributed by atoms with Crippen LogP contribution in [0.1, 0.15) is 30.4 Å². The minimum absolute atomic E-state index is 0.131. The van der Waals surface area contributed by atoms with E-state index in [0.717, 1.165) is 6.07 Å². The number of nitrogens with zero attached hydrogens (tertiary/aromatic N) is 1. The second-order valence-corrected chi connectivity index (χ2v) is 4.76. The summed E-state index contributed by atoms with van der Waals surface area (Å²) >= 11 is 2.97. The lowest BCUT2D eigenvalue weighted by molar-refractivity contribution is 0.149. The summed E-state index contributed by atoms with van der Waals surface area (Å²) in [6.07, 6.45) is -1.88. The lowest BCUT2D eigenvalue weighted by atomic mass is 9.92. The molecule has 0 heterocycles. The van der Waals surface area contributed by atoms with Crippen LogP contribution in [-0.4, -0.2) is 0 Å². The quantitative estimate of drug-likeness (QED) is 0.805. The van der Waals surface area contributed by atoms with Gasteiger partial charge in [0.15, 0.2) is 0 Å². The molecule has 0 spiro atoms. The second-order valence-electron chi connectivity index (χ2n) is 3.85. The molecule has 0 radical (unpaired) electrons. The average molecular weight is 290 g/mol. The maximum absolute atomic E-state index is 13.7. The van der Waals surface area contributed by atoms with Crippen LogP contribution in [0.15, 0.2) is 16.6 Å². The van der Waals surface area contributed by atoms with Crippen molar-refractivity contribution in [2.75, 3.05) is 0 Å². The van der Waals surface area contributed by atoms with Crippen LogP contribution in [0.3, 0.4) is 0 Å². The molecular formula is C11H7BrF3N. The van der Waals surface area contributed by atoms with Crippen molar-refractivity contribution in [1.29, 1.82) is 5.26 Å². The van der Waals surface area contributed by atoms with Crippen molar-refractivity contribution < 1.29 is 13.2 Å². The standard InChI is InChI=1S/C11H7BrF3N/c12-6-3-7(10(14)15)9(8(13)4-6)11(5-16)1-2-11/h3-4,10H,1-2H2. The van der Waals surface area contributed by atoms with E-state index < -0.39 is 17.7 Å². The zero-order chi connectivity index (χ0) is 11.9. The van der Waals surface area contributed by atoms with Crippen LogP contribution in [0.25, 0.3) is 0 Å². The van der Waals surface area contributed by atoms with E-state index in [9.17, 15) is 13.2 Å². The Balaban J connectivity index is 2.64. The van der Waals surface area contributed by atoms with Crippen LogP contribution < -0.4 is 0 Å². The average Bonchev–Trinajstić information content (AvgIpc) is 2.97. The minimum Gasteiger partial charge on any atom is -0.207 e. The molecule has 0 N–H and O–H groups in total. The number of rotatable bonds is 2. The molecule has 0 bridgehead atoms. The predicted molar refractivity (Wildman–Crippen MR) is 55.6 cm³/mol. The molecule has 1 aliphatic carbocycles. The van der Waals surface area contributed by atoms with Gasteiger partial charge in [0.1, 0.15) is 5.82 Å². The van der Waals surface area contributed by atoms with Gasteiger partial charge in [-0.05, 0) is 25.0 Å². The summed E-state index contributed by atoms with van der Waals surface area (Å²) in [4.78, 5) is 0. The van der Waals surface area contributed by atoms with E-state index >= 15 is 0 Å². The number of halogens is 4. The largest absolute Gasteiger partial charge is 0.264 e. The number of benzene rings is 1. The van der Waals surface area contributed by atoms with Crippen LogP contribution in [0.2, 0.25) is 0 Å². The van der Waals surface area contributed by atoms with Gasteiger partial charge in [0, 0.05) is 15.6 Å². The summed E-state index contributed by atoms with van der Waals surface area (Å²) < 4.78 is 39.5. The Morgan fingerprint density at radius 1 is 1.38 bits per heavy atom. The third-order valence-corrected chi connectivity index (χ3v) is 3.22. The van der Waals surface area contributed by atoms with Crippen molar-refractivity contribution in [2.45, 2.75) is 24.7 Å². The monoisotopic (exact) mass is 289 g/mol. The van der Waals surface area contributed by atoms with Crippen molar-refractivity contribution in [1.82, 2.24) is 0 Å². The SMILES string of the molecule is N#CC1(c2c(F)cc(Br)cc2C(F)F)CC1. The van der Waals surface area contributed by atoms with Crippen LogP contribution >= 0.6 is 15.9 Å². The molecule has 1 nitrogen and oxygen atoms in total. The Morgan fingerprint density at radius 3 is 2.44 bits per heavy atom. The van der Waals surface area contributed by atoms with Crippen LogP contribution in [0.5, 0.6) is 0 Å². The highest BCUT2D eigenvalue weighted by Gasteiger charge is 2.49. The summed E-state index contributed by atoms with van der Waals surface area (Å²) in [6.45, 7) is 0. The van der Waals surface area contributed by atoms with Gasteiger partial charge < -0.3 is 0 Å². The Morgan fingerprint density at radius 2 is 2.00 bits per heavy atom. The van der Waals surface area contributed by atoms with Crippen LogP contribution in [0, 0.1) is 17.1 Å². The highest BCUT2D eigenvalue weighted by molar-refractivity contribution is 9.10. The van der Waals surface area contributed by atoms with Crippen molar-refractivity contribution in [3.8, 4) is 6.07 Å². The van der Waals surface area contributed by atoms with Gasteiger partial charge in [-0.15, -0.1) is 0 Å². The summed E-state index contributed by atoms with van der Waals surface area (Å²) in [5.41, 5.74) is -1.55. The fraction of sp³-hybridized carbons (Fsp3) is 0.364. The Labute approximate surface area is 99.0 Å². The highest BCUT2D eigenvalue weighted by atomic mass is 79.9. The van der Waals surface area contributed by atoms with Crippen molar-refractivity contribution >= 4 is 15.9 Å². The summed E-state index contributed by atoms with van der Waals surface area (Å²) in [6, 6.07) is 4.24. The highest BCUT2D eigenvalue weighted by Crippen LogP contribution is 2.51. The van der Waals surface area contributed by atoms with E-state index in [4.69, 9.17) is 5.26 Å². The lowest BCUT2D eigenvalue weighted by Gasteiger charge is -2.14. The summed E-state index contributed by atoms with van der Waals surface area (Å²) in [5, 5.41) is 8.94. The number of hydrogen-bond donors (Lipinski definition) is 0. The lowest BCUT2D eigenvalue weighted by Crippen LogP contribution is -2.11. The zero-order valence-corrected chi connectivity index (χ0v) is 9.69. The molecule has 0 aliphatic heterocycles. The van der Waals surface area contributed by atoms with Crippen LogP contribution in [-0.2, 0) is 5.41 Å². The van der Waals surface area contributed by atoms with Gasteiger partial charge in [0.05, 0.1) is 11.5 Å². The smallest absolute Gasteiger partial charge is 0.207 e. The van der Waals surface area contributed by atoms with Gasteiger partial charge in [-0.25, -0.2) is 13.2 Å². The summed E-state index contributed by atoms with van der Waals surface area (Å²) in [5.74, 6) is -0.733. The van der Waals surface area contributed by atoms with Gasteiger partial charge in [-0.1, -0.05) is 15.9 Å². The first-order valence-corrected chi connectivity index (χ1v) is 5.48. The molecule has 1 aromatic carbocycles. The van der Waals surface area contributed by atoms with Gasteiger partial charge in [-0.2, -0.15) is 5.26 Å². The van der Waals surface area contributed by atoms with E-state index in [1.807, 2.05) is 6.07 Å². The summed E-state index contributed by atoms with van der Waals surface area (Å²) in [7, 11) is 0. The molecule has 1 aliphatic rings. The van der Waals surface area contributed by atoms with Gasteiger partial charge in [0.25, 0.3) is 6.43 Å². The molecule has 5 heteroatoms. The van der Waals surface area contributed by atoms with E-state index in [2.05, 4.69) is 15.9 Å². The Kier molecular flexibility index (Phi) is 2.70. The Hall–Kier alpha value is -1.02. The van der Waals surface area contributed by atoms with Crippen molar-refractivity contribution in [3.63, 3.8) is 0 Å². The molecule has 0 amide bonds. The molecule has 2 rings (SSSR count). The molecule has 0 saturated heterocycles. The molecule has 1 aromatic rings. The molecule has 0 unspecified atom stereocenters. The van der Waals surface area contributed by atoms with Gasteiger partial charge in [-0.3, -0.25) is 0 Å². The molecule has 0 aromatic heterocycles. The van der Waals surface area contributed by atoms with E-state index in [1.54, 1.807) is 0 Å². The van der Waals surface area contributed by atoms with E-state index in [-0.39, 0.29) is 15.6 Å². The van der Waals surface area contributed by atoms with E-state index in [0.29, 0.717) is 12.8 Å². The predicted octanol–water partition coefficient (Wildman–Crippen LogP) is 4.08. The second kappa shape index (κ2) is 3.77. The van der Waals surface area contributed by atoms with Crippen molar-refractivity contribution in [2.24, 2.45) is 0 Å². The third kappa shape index (κ3) is 1.71. The fourth-order valence-corrected chi connectivity index (χ4v) is 2.26. The fourth-order valence-electron chi connectivity index (χ4n) is 1.81. The molecule has 1 saturated carbocycles. The molecule has 0 atom stereocenters. The topological polar surface area (TPSA) is 23.8 Å². The third-order valence-electron chi connectivity index (χ3n) is 2.76. The van der Waals surface area contributed by atoms with Crippen LogP contribution in [0.4, 0.5) is 13.2 Å².